The Morgan fingerprint density at radius 1 is 1.05 bits per heavy atom. The first kappa shape index (κ1) is 13.3. The van der Waals surface area contributed by atoms with Crippen molar-refractivity contribution in [2.75, 3.05) is 11.1 Å². The van der Waals surface area contributed by atoms with Gasteiger partial charge in [-0.3, -0.25) is 4.99 Å². The van der Waals surface area contributed by atoms with Crippen LogP contribution in [0, 0.1) is 0 Å². The van der Waals surface area contributed by atoms with Crippen LogP contribution in [-0.2, 0) is 0 Å². The zero-order valence-corrected chi connectivity index (χ0v) is 12.4. The number of nitrogens with zero attached hydrogens (tertiary/aromatic N) is 1. The molecule has 0 aromatic heterocycles. The first-order chi connectivity index (χ1) is 9.83. The third-order valence-electron chi connectivity index (χ3n) is 3.37. The van der Waals surface area contributed by atoms with Crippen molar-refractivity contribution < 1.29 is 0 Å². The Morgan fingerprint density at radius 3 is 2.60 bits per heavy atom. The smallest absolute Gasteiger partial charge is 0.161 e. The van der Waals surface area contributed by atoms with Gasteiger partial charge in [0.05, 0.1) is 6.04 Å². The molecule has 0 fully saturated rings. The molecule has 1 unspecified atom stereocenters. The molecule has 20 heavy (non-hydrogen) atoms. The minimum absolute atomic E-state index is 0.419. The highest BCUT2D eigenvalue weighted by Crippen LogP contribution is 2.29. The van der Waals surface area contributed by atoms with Crippen molar-refractivity contribution >= 4 is 22.6 Å². The molecule has 0 bridgehead atoms. The van der Waals surface area contributed by atoms with Crippen molar-refractivity contribution in [3.8, 4) is 11.1 Å². The Kier molecular flexibility index (Phi) is 4.07. The lowest BCUT2D eigenvalue weighted by molar-refractivity contribution is 0.720. The third kappa shape index (κ3) is 3.05. The quantitative estimate of drug-likeness (QED) is 0.867. The van der Waals surface area contributed by atoms with Crippen LogP contribution in [0.2, 0.25) is 0 Å². The van der Waals surface area contributed by atoms with Gasteiger partial charge in [0.1, 0.15) is 0 Å². The number of amidine groups is 1. The van der Waals surface area contributed by atoms with Gasteiger partial charge in [-0.05, 0) is 25.0 Å². The molecular formula is C17H18N2S. The van der Waals surface area contributed by atoms with Crippen LogP contribution in [0.5, 0.6) is 0 Å². The van der Waals surface area contributed by atoms with Crippen LogP contribution in [0.3, 0.4) is 0 Å². The van der Waals surface area contributed by atoms with E-state index in [0.717, 1.165) is 23.0 Å². The van der Waals surface area contributed by atoms with E-state index >= 15 is 0 Å². The van der Waals surface area contributed by atoms with Crippen molar-refractivity contribution in [2.45, 2.75) is 19.4 Å². The van der Waals surface area contributed by atoms with Crippen LogP contribution in [0.15, 0.2) is 59.6 Å². The highest BCUT2D eigenvalue weighted by atomic mass is 32.2. The molecule has 2 aromatic carbocycles. The first-order valence-electron chi connectivity index (χ1n) is 6.95. The van der Waals surface area contributed by atoms with Gasteiger partial charge in [0.15, 0.2) is 5.17 Å². The number of benzene rings is 2. The molecule has 3 rings (SSSR count). The lowest BCUT2D eigenvalue weighted by atomic mass is 10.0. The van der Waals surface area contributed by atoms with Crippen LogP contribution >= 0.6 is 11.8 Å². The number of hydrogen-bond donors (Lipinski definition) is 1. The van der Waals surface area contributed by atoms with E-state index in [1.165, 1.54) is 11.1 Å². The maximum absolute atomic E-state index is 4.68. The normalized spacial score (nSPS) is 18.4. The molecule has 0 radical (unpaired) electrons. The summed E-state index contributed by atoms with van der Waals surface area (Å²) >= 11 is 1.80. The average molecular weight is 282 g/mol. The van der Waals surface area contributed by atoms with E-state index < -0.39 is 0 Å². The van der Waals surface area contributed by atoms with Crippen molar-refractivity contribution in [3.63, 3.8) is 0 Å². The SMILES string of the molecule is CC1CCSC(Nc2ccccc2-c2ccccc2)=N1. The minimum atomic E-state index is 0.419. The van der Waals surface area contributed by atoms with Gasteiger partial charge in [0.25, 0.3) is 0 Å². The van der Waals surface area contributed by atoms with E-state index in [0.29, 0.717) is 6.04 Å². The summed E-state index contributed by atoms with van der Waals surface area (Å²) in [6.07, 6.45) is 1.16. The Labute approximate surface area is 124 Å². The molecule has 0 aliphatic carbocycles. The molecule has 0 saturated heterocycles. The molecule has 1 aliphatic heterocycles. The Bertz CT molecular complexity index is 607. The maximum Gasteiger partial charge on any atom is 0.161 e. The van der Waals surface area contributed by atoms with Crippen molar-refractivity contribution in [1.29, 1.82) is 0 Å². The largest absolute Gasteiger partial charge is 0.334 e. The predicted molar refractivity (Wildman–Crippen MR) is 89.5 cm³/mol. The molecule has 1 atom stereocenters. The second-order valence-electron chi connectivity index (χ2n) is 4.96. The summed E-state index contributed by atoms with van der Waals surface area (Å²) in [4.78, 5) is 4.68. The van der Waals surface area contributed by atoms with E-state index in [2.05, 4.69) is 65.8 Å². The predicted octanol–water partition coefficient (Wildman–Crippen LogP) is 4.65. The van der Waals surface area contributed by atoms with E-state index in [1.54, 1.807) is 11.8 Å². The van der Waals surface area contributed by atoms with Gasteiger partial charge in [-0.15, -0.1) is 0 Å². The fraction of sp³-hybridized carbons (Fsp3) is 0.235. The topological polar surface area (TPSA) is 24.4 Å². The van der Waals surface area contributed by atoms with Gasteiger partial charge in [-0.25, -0.2) is 0 Å². The second-order valence-corrected chi connectivity index (χ2v) is 6.04. The monoisotopic (exact) mass is 282 g/mol. The second kappa shape index (κ2) is 6.14. The van der Waals surface area contributed by atoms with Gasteiger partial charge in [0, 0.05) is 17.0 Å². The van der Waals surface area contributed by atoms with Gasteiger partial charge >= 0.3 is 0 Å². The summed E-state index contributed by atoms with van der Waals surface area (Å²) in [6.45, 7) is 2.17. The highest BCUT2D eigenvalue weighted by Gasteiger charge is 2.13. The van der Waals surface area contributed by atoms with Crippen LogP contribution in [0.25, 0.3) is 11.1 Å². The summed E-state index contributed by atoms with van der Waals surface area (Å²) < 4.78 is 0. The Balaban J connectivity index is 1.91. The van der Waals surface area contributed by atoms with Crippen LogP contribution in [0.4, 0.5) is 5.69 Å². The number of para-hydroxylation sites is 1. The average Bonchev–Trinajstić information content (AvgIpc) is 2.49. The third-order valence-corrected chi connectivity index (χ3v) is 4.29. The van der Waals surface area contributed by atoms with Gasteiger partial charge in [-0.1, -0.05) is 60.3 Å². The summed E-state index contributed by atoms with van der Waals surface area (Å²) in [7, 11) is 0. The number of aliphatic imine (C=N–C) groups is 1. The molecular weight excluding hydrogens is 264 g/mol. The van der Waals surface area contributed by atoms with Gasteiger partial charge < -0.3 is 5.32 Å². The zero-order valence-electron chi connectivity index (χ0n) is 11.5. The number of thioether (sulfide) groups is 1. The first-order valence-corrected chi connectivity index (χ1v) is 7.93. The molecule has 1 aliphatic rings. The summed E-state index contributed by atoms with van der Waals surface area (Å²) in [6, 6.07) is 19.3. The van der Waals surface area contributed by atoms with E-state index in [-0.39, 0.29) is 0 Å². The number of anilines is 1. The van der Waals surface area contributed by atoms with Crippen LogP contribution < -0.4 is 5.32 Å². The molecule has 102 valence electrons. The Hall–Kier alpha value is -1.74. The van der Waals surface area contributed by atoms with Gasteiger partial charge in [-0.2, -0.15) is 0 Å². The van der Waals surface area contributed by atoms with Gasteiger partial charge in [0.2, 0.25) is 0 Å². The van der Waals surface area contributed by atoms with Crippen molar-refractivity contribution in [3.05, 3.63) is 54.6 Å². The highest BCUT2D eigenvalue weighted by molar-refractivity contribution is 8.14. The molecule has 3 heteroatoms. The zero-order chi connectivity index (χ0) is 13.8. The van der Waals surface area contributed by atoms with Crippen molar-refractivity contribution in [1.82, 2.24) is 0 Å². The van der Waals surface area contributed by atoms with Crippen LogP contribution in [-0.4, -0.2) is 17.0 Å². The molecule has 2 nitrogen and oxygen atoms in total. The number of rotatable bonds is 2. The molecule has 2 aromatic rings. The lowest BCUT2D eigenvalue weighted by Gasteiger charge is -2.19. The van der Waals surface area contributed by atoms with E-state index in [1.807, 2.05) is 6.07 Å². The number of nitrogens with one attached hydrogen (secondary N) is 1. The van der Waals surface area contributed by atoms with E-state index in [4.69, 9.17) is 0 Å². The van der Waals surface area contributed by atoms with Crippen LogP contribution in [0.1, 0.15) is 13.3 Å². The van der Waals surface area contributed by atoms with Crippen molar-refractivity contribution in [2.24, 2.45) is 4.99 Å². The molecule has 1 heterocycles. The minimum Gasteiger partial charge on any atom is -0.334 e. The Morgan fingerprint density at radius 2 is 1.80 bits per heavy atom. The maximum atomic E-state index is 4.68. The standard InChI is InChI=1S/C17H18N2S/c1-13-11-12-20-17(18-13)19-16-10-6-5-9-15(16)14-7-3-2-4-8-14/h2-10,13H,11-12H2,1H3,(H,18,19). The van der Waals surface area contributed by atoms with E-state index in [9.17, 15) is 0 Å². The lowest BCUT2D eigenvalue weighted by Crippen LogP contribution is -2.18. The molecule has 1 N–H and O–H groups in total. The fourth-order valence-electron chi connectivity index (χ4n) is 2.27. The molecule has 0 spiro atoms. The molecule has 0 saturated carbocycles. The fourth-order valence-corrected chi connectivity index (χ4v) is 3.36. The summed E-state index contributed by atoms with van der Waals surface area (Å²) in [5, 5.41) is 4.53. The molecule has 0 amide bonds. The summed E-state index contributed by atoms with van der Waals surface area (Å²) in [5.74, 6) is 1.14. The number of hydrogen-bond acceptors (Lipinski definition) is 3. The summed E-state index contributed by atoms with van der Waals surface area (Å²) in [5.41, 5.74) is 3.57.